The normalized spacial score (nSPS) is 18.3. The largest absolute Gasteiger partial charge is 0.451 e. The van der Waals surface area contributed by atoms with Gasteiger partial charge in [-0.05, 0) is 12.1 Å². The monoisotopic (exact) mass is 506 g/mol. The Balaban J connectivity index is 1.74. The van der Waals surface area contributed by atoms with Gasteiger partial charge >= 0.3 is 0 Å². The van der Waals surface area contributed by atoms with Crippen LogP contribution in [0.1, 0.15) is 17.0 Å². The smallest absolute Gasteiger partial charge is 0.290 e. The minimum atomic E-state index is -1.09. The molecular weight excluding hydrogens is 480 g/mol. The fraction of sp³-hybridized carbons (Fsp3) is 0.381. The molecule has 0 bridgehead atoms. The van der Waals surface area contributed by atoms with Crippen molar-refractivity contribution in [3.05, 3.63) is 52.3 Å². The minimum Gasteiger partial charge on any atom is -0.451 e. The number of non-ortho nitro benzene ring substituents is 1. The number of primary amides is 1. The standard InChI is InChI=1S/C21H26N6O7S/c22-6-7-35-11-15(23)20(29)26(31)14-9-16(19(24)28)25(10-14)21(30)18-5-4-17(34-18)12-2-1-3-13(8-12)27(32)33/h1-5,8,14-16,31H,6-7,9-11,22-23H2,(H2,24,28)/t14?,15-,16-/m0/s1. The second-order valence-corrected chi connectivity index (χ2v) is 9.04. The first-order chi connectivity index (χ1) is 16.6. The fourth-order valence-electron chi connectivity index (χ4n) is 3.72. The molecule has 1 unspecified atom stereocenters. The molecule has 1 fully saturated rings. The van der Waals surface area contributed by atoms with Crippen molar-refractivity contribution in [3.63, 3.8) is 0 Å². The zero-order valence-corrected chi connectivity index (χ0v) is 19.4. The summed E-state index contributed by atoms with van der Waals surface area (Å²) in [6.45, 7) is 0.244. The van der Waals surface area contributed by atoms with E-state index in [1.807, 2.05) is 0 Å². The molecule has 1 aromatic heterocycles. The van der Waals surface area contributed by atoms with Crippen LogP contribution in [0, 0.1) is 10.1 Å². The lowest BCUT2D eigenvalue weighted by atomic mass is 10.1. The highest BCUT2D eigenvalue weighted by Gasteiger charge is 2.43. The van der Waals surface area contributed by atoms with E-state index in [9.17, 15) is 29.7 Å². The van der Waals surface area contributed by atoms with Crippen LogP contribution < -0.4 is 17.2 Å². The number of nitrogens with two attached hydrogens (primary N) is 3. The van der Waals surface area contributed by atoms with Crippen LogP contribution in [0.4, 0.5) is 5.69 Å². The van der Waals surface area contributed by atoms with E-state index < -0.39 is 40.8 Å². The molecule has 2 heterocycles. The van der Waals surface area contributed by atoms with Crippen molar-refractivity contribution in [2.24, 2.45) is 17.2 Å². The second kappa shape index (κ2) is 11.3. The number of nitro groups is 1. The highest BCUT2D eigenvalue weighted by molar-refractivity contribution is 7.99. The van der Waals surface area contributed by atoms with Crippen LogP contribution in [0.25, 0.3) is 11.3 Å². The second-order valence-electron chi connectivity index (χ2n) is 7.89. The summed E-state index contributed by atoms with van der Waals surface area (Å²) in [5, 5.41) is 21.9. The average Bonchev–Trinajstić information content (AvgIpc) is 3.51. The van der Waals surface area contributed by atoms with E-state index in [0.717, 1.165) is 4.90 Å². The number of amides is 3. The van der Waals surface area contributed by atoms with Gasteiger partial charge in [-0.3, -0.25) is 29.7 Å². The molecule has 0 saturated carbocycles. The predicted molar refractivity (Wildman–Crippen MR) is 126 cm³/mol. The number of hydroxylamine groups is 2. The third-order valence-electron chi connectivity index (χ3n) is 5.48. The number of benzene rings is 1. The topological polar surface area (TPSA) is 212 Å². The number of nitro benzene ring substituents is 1. The number of thioether (sulfide) groups is 1. The van der Waals surface area contributed by atoms with E-state index in [-0.39, 0.29) is 35.9 Å². The summed E-state index contributed by atoms with van der Waals surface area (Å²) >= 11 is 1.36. The summed E-state index contributed by atoms with van der Waals surface area (Å²) in [5.41, 5.74) is 17.0. The lowest BCUT2D eigenvalue weighted by molar-refractivity contribution is -0.384. The van der Waals surface area contributed by atoms with Crippen LogP contribution in [-0.2, 0) is 9.59 Å². The van der Waals surface area contributed by atoms with Crippen LogP contribution in [0.3, 0.4) is 0 Å². The summed E-state index contributed by atoms with van der Waals surface area (Å²) < 4.78 is 5.60. The molecule has 3 rings (SSSR count). The van der Waals surface area contributed by atoms with Gasteiger partial charge in [0.2, 0.25) is 5.91 Å². The Labute approximate surface area is 204 Å². The van der Waals surface area contributed by atoms with Crippen LogP contribution in [0.5, 0.6) is 0 Å². The van der Waals surface area contributed by atoms with Crippen molar-refractivity contribution >= 4 is 35.2 Å². The van der Waals surface area contributed by atoms with Gasteiger partial charge in [-0.1, -0.05) is 12.1 Å². The van der Waals surface area contributed by atoms with E-state index in [1.165, 1.54) is 42.1 Å². The zero-order chi connectivity index (χ0) is 25.7. The molecular formula is C21H26N6O7S. The minimum absolute atomic E-state index is 0.0789. The SMILES string of the molecule is NCCSC[C@H](N)C(=O)N(O)C1C[C@@H](C(N)=O)N(C(=O)c2ccc(-c3cccc([N+](=O)[O-])c3)o2)C1. The molecule has 35 heavy (non-hydrogen) atoms. The maximum absolute atomic E-state index is 13.1. The number of carbonyl (C=O) groups excluding carboxylic acids is 3. The highest BCUT2D eigenvalue weighted by Crippen LogP contribution is 2.29. The van der Waals surface area contributed by atoms with Crippen LogP contribution >= 0.6 is 11.8 Å². The van der Waals surface area contributed by atoms with Crippen molar-refractivity contribution < 1.29 is 28.9 Å². The van der Waals surface area contributed by atoms with Gasteiger partial charge in [0.25, 0.3) is 17.5 Å². The van der Waals surface area contributed by atoms with E-state index >= 15 is 0 Å². The Hall–Kier alpha value is -3.46. The van der Waals surface area contributed by atoms with Gasteiger partial charge in [-0.15, -0.1) is 0 Å². The van der Waals surface area contributed by atoms with Gasteiger partial charge in [0.05, 0.1) is 17.0 Å². The van der Waals surface area contributed by atoms with Gasteiger partial charge < -0.3 is 26.5 Å². The number of hydrogen-bond acceptors (Lipinski definition) is 10. The van der Waals surface area contributed by atoms with Gasteiger partial charge in [-0.2, -0.15) is 11.8 Å². The first kappa shape index (κ1) is 26.2. The summed E-state index contributed by atoms with van der Waals surface area (Å²) in [6.07, 6.45) is -0.0789. The van der Waals surface area contributed by atoms with Gasteiger partial charge in [-0.25, -0.2) is 5.06 Å². The van der Waals surface area contributed by atoms with Crippen molar-refractivity contribution in [1.82, 2.24) is 9.96 Å². The van der Waals surface area contributed by atoms with Crippen molar-refractivity contribution in [2.75, 3.05) is 24.6 Å². The van der Waals surface area contributed by atoms with Crippen LogP contribution in [0.2, 0.25) is 0 Å². The number of hydrogen-bond donors (Lipinski definition) is 4. The van der Waals surface area contributed by atoms with Crippen LogP contribution in [-0.4, -0.2) is 80.5 Å². The van der Waals surface area contributed by atoms with E-state index in [2.05, 4.69) is 0 Å². The Morgan fingerprint density at radius 2 is 2.06 bits per heavy atom. The lowest BCUT2D eigenvalue weighted by Gasteiger charge is -2.25. The van der Waals surface area contributed by atoms with E-state index in [4.69, 9.17) is 21.6 Å². The fourth-order valence-corrected chi connectivity index (χ4v) is 4.45. The first-order valence-corrected chi connectivity index (χ1v) is 11.8. The number of rotatable bonds is 10. The number of likely N-dealkylation sites (tertiary alicyclic amines) is 1. The molecule has 3 amide bonds. The molecule has 2 aromatic rings. The molecule has 0 radical (unpaired) electrons. The highest BCUT2D eigenvalue weighted by atomic mass is 32.2. The molecule has 13 nitrogen and oxygen atoms in total. The van der Waals surface area contributed by atoms with Crippen LogP contribution in [0.15, 0.2) is 40.8 Å². The average molecular weight is 507 g/mol. The van der Waals surface area contributed by atoms with Crippen molar-refractivity contribution in [3.8, 4) is 11.3 Å². The molecule has 0 aliphatic carbocycles. The predicted octanol–water partition coefficient (Wildman–Crippen LogP) is 0.160. The van der Waals surface area contributed by atoms with E-state index in [0.29, 0.717) is 22.9 Å². The third kappa shape index (κ3) is 5.97. The third-order valence-corrected chi connectivity index (χ3v) is 6.59. The lowest BCUT2D eigenvalue weighted by Crippen LogP contribution is -2.49. The van der Waals surface area contributed by atoms with Gasteiger partial charge in [0, 0.05) is 48.7 Å². The summed E-state index contributed by atoms with van der Waals surface area (Å²) in [4.78, 5) is 49.2. The molecule has 7 N–H and O–H groups in total. The molecule has 1 aromatic carbocycles. The molecule has 1 aliphatic heterocycles. The number of nitrogens with zero attached hydrogens (tertiary/aromatic N) is 3. The maximum Gasteiger partial charge on any atom is 0.290 e. The van der Waals surface area contributed by atoms with Gasteiger partial charge in [0.1, 0.15) is 11.8 Å². The number of carbonyl (C=O) groups is 3. The Bertz CT molecular complexity index is 1110. The summed E-state index contributed by atoms with van der Waals surface area (Å²) in [6, 6.07) is 5.55. The molecule has 1 saturated heterocycles. The molecule has 0 spiro atoms. The molecule has 188 valence electrons. The molecule has 14 heteroatoms. The zero-order valence-electron chi connectivity index (χ0n) is 18.6. The number of furan rings is 1. The Morgan fingerprint density at radius 3 is 2.71 bits per heavy atom. The summed E-state index contributed by atoms with van der Waals surface area (Å²) in [5.74, 6) is -1.32. The van der Waals surface area contributed by atoms with Crippen molar-refractivity contribution in [1.29, 1.82) is 0 Å². The maximum atomic E-state index is 13.1. The Kier molecular flexibility index (Phi) is 8.45. The summed E-state index contributed by atoms with van der Waals surface area (Å²) in [7, 11) is 0. The van der Waals surface area contributed by atoms with E-state index in [1.54, 1.807) is 6.07 Å². The molecule has 1 aliphatic rings. The Morgan fingerprint density at radius 1 is 1.31 bits per heavy atom. The van der Waals surface area contributed by atoms with Crippen molar-refractivity contribution in [2.45, 2.75) is 24.5 Å². The quantitative estimate of drug-likeness (QED) is 0.148. The first-order valence-electron chi connectivity index (χ1n) is 10.6. The van der Waals surface area contributed by atoms with Gasteiger partial charge in [0.15, 0.2) is 5.76 Å². The molecule has 3 atom stereocenters.